The zero-order valence-corrected chi connectivity index (χ0v) is 14.3. The Labute approximate surface area is 152 Å². The molecule has 0 spiro atoms. The molecule has 0 saturated carbocycles. The van der Waals surface area contributed by atoms with Crippen molar-refractivity contribution in [1.29, 1.82) is 0 Å². The van der Waals surface area contributed by atoms with Crippen LogP contribution in [-0.4, -0.2) is 23.9 Å². The monoisotopic (exact) mass is 372 g/mol. The van der Waals surface area contributed by atoms with Gasteiger partial charge in [-0.15, -0.1) is 0 Å². The number of primary amides is 1. The van der Waals surface area contributed by atoms with Gasteiger partial charge in [0.25, 0.3) is 6.73 Å². The van der Waals surface area contributed by atoms with Crippen molar-refractivity contribution in [1.82, 2.24) is 0 Å². The summed E-state index contributed by atoms with van der Waals surface area (Å²) >= 11 is 0. The van der Waals surface area contributed by atoms with Gasteiger partial charge in [-0.05, 0) is 6.07 Å². The van der Waals surface area contributed by atoms with Crippen LogP contribution in [0.15, 0.2) is 54.1 Å². The molecule has 2 heterocycles. The zero-order chi connectivity index (χ0) is 15.8. The summed E-state index contributed by atoms with van der Waals surface area (Å²) in [5.41, 5.74) is 6.40. The number of rotatable bonds is 7. The van der Waals surface area contributed by atoms with Crippen LogP contribution in [0, 0.1) is 0 Å². The van der Waals surface area contributed by atoms with Gasteiger partial charge in [0.1, 0.15) is 12.8 Å². The molecule has 0 aliphatic carbocycles. The second-order valence-electron chi connectivity index (χ2n) is 4.57. The third-order valence-corrected chi connectivity index (χ3v) is 3.07. The number of carbonyl (C=O) groups is 1. The van der Waals surface area contributed by atoms with E-state index in [1.807, 2.05) is 33.5 Å². The van der Waals surface area contributed by atoms with E-state index in [1.54, 1.807) is 24.5 Å². The average Bonchev–Trinajstić information content (AvgIpc) is 2.53. The Morgan fingerprint density at radius 2 is 1.92 bits per heavy atom. The number of nitrogens with two attached hydrogens (primary N) is 1. The number of carbonyl (C=O) groups excluding carboxylic acids is 1. The normalized spacial score (nSPS) is 10.0. The second-order valence-corrected chi connectivity index (χ2v) is 4.57. The SMILES string of the molecule is NC(=O)c1cc[n+](CCOC[n+]2ccccc2C=NO)cc1.[Cl-].[Cl-]. The number of pyridine rings is 2. The third-order valence-electron chi connectivity index (χ3n) is 3.07. The Kier molecular flexibility index (Phi) is 10.3. The molecule has 0 unspecified atom stereocenters. The quantitative estimate of drug-likeness (QED) is 0.166. The molecule has 9 heteroatoms. The van der Waals surface area contributed by atoms with Gasteiger partial charge >= 0.3 is 0 Å². The molecule has 0 aromatic carbocycles. The first-order valence-corrected chi connectivity index (χ1v) is 6.73. The number of amides is 1. The van der Waals surface area contributed by atoms with Gasteiger partial charge in [0.2, 0.25) is 11.6 Å². The Bertz CT molecular complexity index is 666. The summed E-state index contributed by atoms with van der Waals surface area (Å²) in [4.78, 5) is 11.0. The van der Waals surface area contributed by atoms with Gasteiger partial charge < -0.3 is 40.5 Å². The van der Waals surface area contributed by atoms with E-state index in [0.29, 0.717) is 25.4 Å². The molecule has 7 nitrogen and oxygen atoms in total. The van der Waals surface area contributed by atoms with E-state index in [-0.39, 0.29) is 24.8 Å². The van der Waals surface area contributed by atoms with Gasteiger partial charge in [0.05, 0.1) is 5.56 Å². The molecule has 0 radical (unpaired) electrons. The lowest BCUT2D eigenvalue weighted by Crippen LogP contribution is -3.00. The summed E-state index contributed by atoms with van der Waals surface area (Å²) in [7, 11) is 0. The molecule has 130 valence electrons. The molecule has 3 N–H and O–H groups in total. The highest BCUT2D eigenvalue weighted by Crippen LogP contribution is 1.92. The van der Waals surface area contributed by atoms with Gasteiger partial charge in [-0.25, -0.2) is 4.57 Å². The Morgan fingerprint density at radius 3 is 2.54 bits per heavy atom. The smallest absolute Gasteiger partial charge is 0.253 e. The predicted octanol–water partition coefficient (Wildman–Crippen LogP) is -6.15. The molecule has 0 atom stereocenters. The fraction of sp³-hybridized carbons (Fsp3) is 0.200. The first-order valence-electron chi connectivity index (χ1n) is 6.73. The topological polar surface area (TPSA) is 92.7 Å². The fourth-order valence-corrected chi connectivity index (χ4v) is 1.89. The largest absolute Gasteiger partial charge is 1.00 e. The number of oxime groups is 1. The molecule has 0 bridgehead atoms. The van der Waals surface area contributed by atoms with Crippen LogP contribution in [0.4, 0.5) is 0 Å². The molecule has 2 aromatic heterocycles. The molecule has 0 fully saturated rings. The molecule has 0 saturated heterocycles. The predicted molar refractivity (Wildman–Crippen MR) is 77.1 cm³/mol. The van der Waals surface area contributed by atoms with Crippen LogP contribution in [0.2, 0.25) is 0 Å². The lowest BCUT2D eigenvalue weighted by molar-refractivity contribution is -0.742. The van der Waals surface area contributed by atoms with Crippen LogP contribution in [0.1, 0.15) is 16.1 Å². The Morgan fingerprint density at radius 1 is 1.21 bits per heavy atom. The van der Waals surface area contributed by atoms with Crippen molar-refractivity contribution in [3.63, 3.8) is 0 Å². The van der Waals surface area contributed by atoms with Crippen LogP contribution >= 0.6 is 0 Å². The summed E-state index contributed by atoms with van der Waals surface area (Å²) in [5.74, 6) is -0.443. The lowest BCUT2D eigenvalue weighted by atomic mass is 10.2. The number of aromatic nitrogens is 2. The number of hydrogen-bond acceptors (Lipinski definition) is 4. The highest BCUT2D eigenvalue weighted by molar-refractivity contribution is 5.92. The molecule has 0 aliphatic rings. The van der Waals surface area contributed by atoms with Gasteiger partial charge in [0, 0.05) is 24.3 Å². The maximum atomic E-state index is 11.0. The van der Waals surface area contributed by atoms with Gasteiger partial charge in [-0.3, -0.25) is 4.79 Å². The highest BCUT2D eigenvalue weighted by atomic mass is 35.5. The van der Waals surface area contributed by atoms with Crippen molar-refractivity contribution in [3.8, 4) is 0 Å². The van der Waals surface area contributed by atoms with Crippen LogP contribution in [-0.2, 0) is 18.0 Å². The van der Waals surface area contributed by atoms with Crippen molar-refractivity contribution in [2.75, 3.05) is 6.61 Å². The van der Waals surface area contributed by atoms with Crippen molar-refractivity contribution >= 4 is 12.1 Å². The number of ether oxygens (including phenoxy) is 1. The number of nitrogens with zero attached hydrogens (tertiary/aromatic N) is 3. The maximum Gasteiger partial charge on any atom is 0.253 e. The highest BCUT2D eigenvalue weighted by Gasteiger charge is 2.08. The molecule has 1 amide bonds. The van der Waals surface area contributed by atoms with Crippen LogP contribution < -0.4 is 39.7 Å². The summed E-state index contributed by atoms with van der Waals surface area (Å²) in [6, 6.07) is 8.88. The van der Waals surface area contributed by atoms with E-state index in [4.69, 9.17) is 15.7 Å². The Hall–Kier alpha value is -2.22. The molecular formula is C15H18Cl2N4O3. The number of halogens is 2. The van der Waals surface area contributed by atoms with E-state index in [9.17, 15) is 4.79 Å². The van der Waals surface area contributed by atoms with E-state index >= 15 is 0 Å². The molecule has 0 aliphatic heterocycles. The molecule has 24 heavy (non-hydrogen) atoms. The number of hydrogen-bond donors (Lipinski definition) is 2. The summed E-state index contributed by atoms with van der Waals surface area (Å²) in [5, 5.41) is 11.6. The minimum Gasteiger partial charge on any atom is -1.00 e. The lowest BCUT2D eigenvalue weighted by Gasteiger charge is -2.01. The average molecular weight is 373 g/mol. The standard InChI is InChI=1S/C15H16N4O3.2ClH/c16-15(20)13-4-7-18(8-5-13)9-10-22-12-19-6-2-1-3-14(19)11-17-21;;/h1-8,11H,9-10,12H2,(H-,16,20);2*1H. The molecule has 2 aromatic rings. The van der Waals surface area contributed by atoms with Crippen LogP contribution in [0.3, 0.4) is 0 Å². The summed E-state index contributed by atoms with van der Waals surface area (Å²) in [6.45, 7) is 1.50. The van der Waals surface area contributed by atoms with E-state index in [0.717, 1.165) is 5.69 Å². The zero-order valence-electron chi connectivity index (χ0n) is 12.8. The van der Waals surface area contributed by atoms with Crippen molar-refractivity contribution in [2.24, 2.45) is 10.9 Å². The van der Waals surface area contributed by atoms with Crippen molar-refractivity contribution in [3.05, 3.63) is 60.2 Å². The van der Waals surface area contributed by atoms with Crippen molar-refractivity contribution in [2.45, 2.75) is 13.3 Å². The Balaban J connectivity index is 0.00000264. The minimum absolute atomic E-state index is 0. The van der Waals surface area contributed by atoms with Crippen molar-refractivity contribution < 1.29 is 48.7 Å². The summed E-state index contributed by atoms with van der Waals surface area (Å²) in [6.07, 6.45) is 6.75. The molecular weight excluding hydrogens is 355 g/mol. The summed E-state index contributed by atoms with van der Waals surface area (Å²) < 4.78 is 9.32. The fourth-order valence-electron chi connectivity index (χ4n) is 1.89. The third kappa shape index (κ3) is 6.49. The first kappa shape index (κ1) is 21.8. The van der Waals surface area contributed by atoms with E-state index < -0.39 is 5.91 Å². The van der Waals surface area contributed by atoms with Gasteiger partial charge in [0.15, 0.2) is 25.1 Å². The van der Waals surface area contributed by atoms with Crippen LogP contribution in [0.5, 0.6) is 0 Å². The first-order chi connectivity index (χ1) is 10.7. The van der Waals surface area contributed by atoms with E-state index in [1.165, 1.54) is 6.21 Å². The molecule has 2 rings (SSSR count). The second kappa shape index (κ2) is 11.3. The van der Waals surface area contributed by atoms with Gasteiger partial charge in [-0.1, -0.05) is 5.16 Å². The van der Waals surface area contributed by atoms with E-state index in [2.05, 4.69) is 5.16 Å². The minimum atomic E-state index is -0.443. The van der Waals surface area contributed by atoms with Gasteiger partial charge in [-0.2, -0.15) is 4.57 Å². The maximum absolute atomic E-state index is 11.0. The van der Waals surface area contributed by atoms with Crippen LogP contribution in [0.25, 0.3) is 0 Å².